The normalized spacial score (nSPS) is 18.0. The van der Waals surface area contributed by atoms with E-state index < -0.39 is 6.04 Å². The second-order valence-corrected chi connectivity index (χ2v) is 4.91. The Labute approximate surface area is 109 Å². The minimum Gasteiger partial charge on any atom is -0.465 e. The first-order chi connectivity index (χ1) is 8.51. The average molecular weight is 256 g/mol. The molecule has 0 spiro atoms. The van der Waals surface area contributed by atoms with Crippen LogP contribution in [0.1, 0.15) is 40.0 Å². The average Bonchev–Trinajstić information content (AvgIpc) is 3.17. The fourth-order valence-corrected chi connectivity index (χ4v) is 1.81. The number of carbonyl (C=O) groups excluding carboxylic acids is 2. The molecule has 104 valence electrons. The van der Waals surface area contributed by atoms with Gasteiger partial charge >= 0.3 is 5.97 Å². The summed E-state index contributed by atoms with van der Waals surface area (Å²) in [4.78, 5) is 25.3. The van der Waals surface area contributed by atoms with Crippen LogP contribution < -0.4 is 5.73 Å². The smallest absolute Gasteiger partial charge is 0.325 e. The molecule has 1 saturated carbocycles. The lowest BCUT2D eigenvalue weighted by Gasteiger charge is -2.27. The Hall–Kier alpha value is -1.10. The highest BCUT2D eigenvalue weighted by molar-refractivity contribution is 5.86. The Balaban J connectivity index is 2.61. The van der Waals surface area contributed by atoms with E-state index in [0.29, 0.717) is 6.61 Å². The van der Waals surface area contributed by atoms with Crippen molar-refractivity contribution in [2.75, 3.05) is 13.2 Å². The largest absolute Gasteiger partial charge is 0.465 e. The predicted molar refractivity (Wildman–Crippen MR) is 68.8 cm³/mol. The zero-order valence-corrected chi connectivity index (χ0v) is 11.5. The lowest BCUT2D eigenvalue weighted by atomic mass is 9.99. The van der Waals surface area contributed by atoms with Gasteiger partial charge in [0.05, 0.1) is 12.6 Å². The van der Waals surface area contributed by atoms with E-state index in [4.69, 9.17) is 10.5 Å². The van der Waals surface area contributed by atoms with Gasteiger partial charge in [0.1, 0.15) is 6.54 Å². The molecule has 0 radical (unpaired) electrons. The number of hydrogen-bond donors (Lipinski definition) is 1. The van der Waals surface area contributed by atoms with Crippen molar-refractivity contribution in [2.24, 2.45) is 11.7 Å². The fourth-order valence-electron chi connectivity index (χ4n) is 1.81. The van der Waals surface area contributed by atoms with Gasteiger partial charge in [0.25, 0.3) is 0 Å². The Morgan fingerprint density at radius 2 is 2.00 bits per heavy atom. The Bertz CT molecular complexity index is 303. The molecule has 0 aromatic rings. The first-order valence-corrected chi connectivity index (χ1v) is 6.72. The Morgan fingerprint density at radius 3 is 2.44 bits per heavy atom. The topological polar surface area (TPSA) is 72.6 Å². The van der Waals surface area contributed by atoms with Gasteiger partial charge in [-0.25, -0.2) is 0 Å². The van der Waals surface area contributed by atoms with Crippen molar-refractivity contribution in [3.05, 3.63) is 0 Å². The van der Waals surface area contributed by atoms with Gasteiger partial charge in [-0.05, 0) is 25.7 Å². The number of carbonyl (C=O) groups is 2. The third kappa shape index (κ3) is 3.98. The number of hydrogen-bond acceptors (Lipinski definition) is 4. The standard InChI is InChI=1S/C13H24N2O3/c1-4-9(3)12(14)13(17)15(10-6-7-10)8-11(16)18-5-2/h9-10,12H,4-8,14H2,1-3H3/t9?,12-/m0/s1. The summed E-state index contributed by atoms with van der Waals surface area (Å²) >= 11 is 0. The van der Waals surface area contributed by atoms with Crippen LogP contribution in [-0.2, 0) is 14.3 Å². The molecular formula is C13H24N2O3. The van der Waals surface area contributed by atoms with Crippen LogP contribution in [0.4, 0.5) is 0 Å². The maximum Gasteiger partial charge on any atom is 0.325 e. The van der Waals surface area contributed by atoms with E-state index in [2.05, 4.69) is 0 Å². The van der Waals surface area contributed by atoms with Gasteiger partial charge in [-0.3, -0.25) is 9.59 Å². The molecule has 0 aromatic carbocycles. The van der Waals surface area contributed by atoms with E-state index in [1.807, 2.05) is 13.8 Å². The molecular weight excluding hydrogens is 232 g/mol. The summed E-state index contributed by atoms with van der Waals surface area (Å²) in [5.41, 5.74) is 5.94. The molecule has 1 unspecified atom stereocenters. The van der Waals surface area contributed by atoms with E-state index in [9.17, 15) is 9.59 Å². The Kier molecular flexibility index (Phi) is 5.59. The number of esters is 1. The van der Waals surface area contributed by atoms with Gasteiger partial charge in [0, 0.05) is 6.04 Å². The second-order valence-electron chi connectivity index (χ2n) is 4.91. The lowest BCUT2D eigenvalue weighted by molar-refractivity contribution is -0.150. The highest BCUT2D eigenvalue weighted by Crippen LogP contribution is 2.28. The van der Waals surface area contributed by atoms with E-state index in [-0.39, 0.29) is 30.4 Å². The highest BCUT2D eigenvalue weighted by atomic mass is 16.5. The monoisotopic (exact) mass is 256 g/mol. The van der Waals surface area contributed by atoms with Crippen LogP contribution in [0.15, 0.2) is 0 Å². The van der Waals surface area contributed by atoms with Crippen molar-refractivity contribution in [2.45, 2.75) is 52.1 Å². The Morgan fingerprint density at radius 1 is 1.39 bits per heavy atom. The van der Waals surface area contributed by atoms with Crippen LogP contribution in [0, 0.1) is 5.92 Å². The molecule has 0 bridgehead atoms. The summed E-state index contributed by atoms with van der Waals surface area (Å²) in [5, 5.41) is 0. The minimum atomic E-state index is -0.523. The number of ether oxygens (including phenoxy) is 1. The molecule has 2 atom stereocenters. The first kappa shape index (κ1) is 15.0. The molecule has 1 aliphatic rings. The minimum absolute atomic E-state index is 0.0292. The molecule has 1 rings (SSSR count). The third-order valence-corrected chi connectivity index (χ3v) is 3.42. The summed E-state index contributed by atoms with van der Waals surface area (Å²) in [5.74, 6) is -0.352. The first-order valence-electron chi connectivity index (χ1n) is 6.72. The van der Waals surface area contributed by atoms with Crippen LogP contribution in [-0.4, -0.2) is 42.0 Å². The zero-order chi connectivity index (χ0) is 13.7. The van der Waals surface area contributed by atoms with Crippen LogP contribution in [0.25, 0.3) is 0 Å². The van der Waals surface area contributed by atoms with Crippen molar-refractivity contribution in [1.82, 2.24) is 4.90 Å². The van der Waals surface area contributed by atoms with Crippen LogP contribution in [0.3, 0.4) is 0 Å². The molecule has 0 aliphatic heterocycles. The van der Waals surface area contributed by atoms with Crippen molar-refractivity contribution < 1.29 is 14.3 Å². The molecule has 0 saturated heterocycles. The number of amides is 1. The van der Waals surface area contributed by atoms with E-state index >= 15 is 0 Å². The van der Waals surface area contributed by atoms with Crippen LogP contribution >= 0.6 is 0 Å². The molecule has 0 aromatic heterocycles. The highest BCUT2D eigenvalue weighted by Gasteiger charge is 2.37. The molecule has 18 heavy (non-hydrogen) atoms. The van der Waals surface area contributed by atoms with E-state index in [1.54, 1.807) is 11.8 Å². The summed E-state index contributed by atoms with van der Waals surface area (Å²) in [6.45, 7) is 6.08. The molecule has 2 N–H and O–H groups in total. The van der Waals surface area contributed by atoms with Crippen molar-refractivity contribution in [3.8, 4) is 0 Å². The van der Waals surface area contributed by atoms with Crippen molar-refractivity contribution in [1.29, 1.82) is 0 Å². The molecule has 1 aliphatic carbocycles. The van der Waals surface area contributed by atoms with Gasteiger partial charge < -0.3 is 15.4 Å². The molecule has 5 heteroatoms. The molecule has 1 fully saturated rings. The number of rotatable bonds is 7. The summed E-state index contributed by atoms with van der Waals surface area (Å²) in [6.07, 6.45) is 2.77. The zero-order valence-electron chi connectivity index (χ0n) is 11.5. The van der Waals surface area contributed by atoms with Gasteiger partial charge in [-0.1, -0.05) is 20.3 Å². The maximum atomic E-state index is 12.3. The molecule has 0 heterocycles. The van der Waals surface area contributed by atoms with E-state index in [0.717, 1.165) is 19.3 Å². The second kappa shape index (κ2) is 6.73. The quantitative estimate of drug-likeness (QED) is 0.687. The summed E-state index contributed by atoms with van der Waals surface area (Å²) < 4.78 is 4.89. The van der Waals surface area contributed by atoms with Gasteiger partial charge in [0.2, 0.25) is 5.91 Å². The lowest BCUT2D eigenvalue weighted by Crippen LogP contribution is -2.49. The molecule has 5 nitrogen and oxygen atoms in total. The van der Waals surface area contributed by atoms with Gasteiger partial charge in [-0.2, -0.15) is 0 Å². The van der Waals surface area contributed by atoms with Crippen molar-refractivity contribution >= 4 is 11.9 Å². The van der Waals surface area contributed by atoms with Crippen LogP contribution in [0.2, 0.25) is 0 Å². The maximum absolute atomic E-state index is 12.3. The summed E-state index contributed by atoms with van der Waals surface area (Å²) in [6, 6.07) is -0.345. The van der Waals surface area contributed by atoms with Gasteiger partial charge in [-0.15, -0.1) is 0 Å². The van der Waals surface area contributed by atoms with E-state index in [1.165, 1.54) is 0 Å². The van der Waals surface area contributed by atoms with Crippen molar-refractivity contribution in [3.63, 3.8) is 0 Å². The fraction of sp³-hybridized carbons (Fsp3) is 0.846. The number of nitrogens with two attached hydrogens (primary N) is 1. The third-order valence-electron chi connectivity index (χ3n) is 3.42. The van der Waals surface area contributed by atoms with Gasteiger partial charge in [0.15, 0.2) is 0 Å². The predicted octanol–water partition coefficient (Wildman–Crippen LogP) is 0.914. The summed E-state index contributed by atoms with van der Waals surface area (Å²) in [7, 11) is 0. The van der Waals surface area contributed by atoms with Crippen LogP contribution in [0.5, 0.6) is 0 Å². The number of nitrogens with zero attached hydrogens (tertiary/aromatic N) is 1. The SMILES string of the molecule is CCOC(=O)CN(C(=O)[C@@H](N)C(C)CC)C1CC1. The molecule has 1 amide bonds.